The van der Waals surface area contributed by atoms with E-state index in [9.17, 15) is 9.59 Å². The van der Waals surface area contributed by atoms with Gasteiger partial charge in [-0.2, -0.15) is 0 Å². The molecule has 0 radical (unpaired) electrons. The van der Waals surface area contributed by atoms with Crippen molar-refractivity contribution in [2.75, 3.05) is 24.3 Å². The van der Waals surface area contributed by atoms with Gasteiger partial charge in [0, 0.05) is 17.5 Å². The Balaban J connectivity index is 1.60. The van der Waals surface area contributed by atoms with E-state index in [-0.39, 0.29) is 23.6 Å². The topological polar surface area (TPSA) is 62.2 Å². The number of hydrogen-bond donors (Lipinski definition) is 0. The van der Waals surface area contributed by atoms with Crippen LogP contribution >= 0.6 is 34.7 Å². The van der Waals surface area contributed by atoms with Gasteiger partial charge in [0.2, 0.25) is 5.91 Å². The van der Waals surface area contributed by atoms with Crippen LogP contribution in [0, 0.1) is 0 Å². The molecule has 2 aliphatic heterocycles. The third kappa shape index (κ3) is 4.87. The number of benzene rings is 1. The molecule has 1 saturated heterocycles. The maximum Gasteiger partial charge on any atom is 0.283 e. The third-order valence-corrected chi connectivity index (χ3v) is 7.53. The van der Waals surface area contributed by atoms with Gasteiger partial charge < -0.3 is 9.64 Å². The number of amidine groups is 1. The number of ether oxygens (including phenoxy) is 1. The molecule has 6 nitrogen and oxygen atoms in total. The Morgan fingerprint density at radius 2 is 2.22 bits per heavy atom. The molecule has 2 aromatic rings. The van der Waals surface area contributed by atoms with E-state index in [2.05, 4.69) is 11.9 Å². The Bertz CT molecular complexity index is 1070. The summed E-state index contributed by atoms with van der Waals surface area (Å²) >= 11 is 9.13. The molecular formula is C23H24ClN3O3S2. The molecule has 2 amide bonds. The van der Waals surface area contributed by atoms with E-state index in [1.165, 1.54) is 28.0 Å². The van der Waals surface area contributed by atoms with Gasteiger partial charge in [-0.3, -0.25) is 14.5 Å². The van der Waals surface area contributed by atoms with Crippen molar-refractivity contribution in [3.8, 4) is 5.75 Å². The molecule has 2 aliphatic rings. The van der Waals surface area contributed by atoms with Gasteiger partial charge in [0.15, 0.2) is 5.17 Å². The van der Waals surface area contributed by atoms with Crippen LogP contribution in [0.15, 0.2) is 46.4 Å². The van der Waals surface area contributed by atoms with Crippen LogP contribution in [0.1, 0.15) is 31.1 Å². The second-order valence-electron chi connectivity index (χ2n) is 7.62. The van der Waals surface area contributed by atoms with Crippen LogP contribution in [-0.2, 0) is 9.59 Å². The zero-order valence-electron chi connectivity index (χ0n) is 17.9. The lowest BCUT2D eigenvalue weighted by Gasteiger charge is -2.33. The molecule has 0 bridgehead atoms. The second-order valence-corrected chi connectivity index (χ2v) is 9.95. The summed E-state index contributed by atoms with van der Waals surface area (Å²) in [6, 6.07) is 9.26. The first-order valence-corrected chi connectivity index (χ1v) is 12.7. The molecule has 1 aromatic carbocycles. The molecule has 168 valence electrons. The number of likely N-dealkylation sites (tertiary alicyclic amines) is 1. The van der Waals surface area contributed by atoms with Crippen LogP contribution in [-0.4, -0.2) is 47.3 Å². The molecule has 3 heterocycles. The highest BCUT2D eigenvalue weighted by molar-refractivity contribution is 8.14. The number of rotatable bonds is 5. The van der Waals surface area contributed by atoms with Crippen molar-refractivity contribution in [2.45, 2.75) is 32.2 Å². The number of carbonyl (C=O) groups is 2. The van der Waals surface area contributed by atoms with Gasteiger partial charge >= 0.3 is 0 Å². The Hall–Kier alpha value is -2.29. The van der Waals surface area contributed by atoms with Crippen molar-refractivity contribution < 1.29 is 14.3 Å². The first-order valence-electron chi connectivity index (χ1n) is 10.4. The molecule has 0 aliphatic carbocycles. The van der Waals surface area contributed by atoms with Gasteiger partial charge in [0.05, 0.1) is 23.6 Å². The quantitative estimate of drug-likeness (QED) is 0.535. The summed E-state index contributed by atoms with van der Waals surface area (Å²) in [5.74, 6) is 0.571. The van der Waals surface area contributed by atoms with Crippen LogP contribution in [0.5, 0.6) is 5.75 Å². The van der Waals surface area contributed by atoms with Crippen LogP contribution in [0.4, 0.5) is 5.69 Å². The molecule has 0 spiro atoms. The third-order valence-electron chi connectivity index (χ3n) is 5.49. The van der Waals surface area contributed by atoms with E-state index < -0.39 is 0 Å². The monoisotopic (exact) mass is 489 g/mol. The average molecular weight is 490 g/mol. The number of thiophene rings is 1. The highest BCUT2D eigenvalue weighted by Crippen LogP contribution is 2.34. The number of halogens is 1. The predicted octanol–water partition coefficient (Wildman–Crippen LogP) is 5.29. The highest BCUT2D eigenvalue weighted by atomic mass is 35.5. The number of aliphatic imine (C=N–C) groups is 1. The number of carbonyl (C=O) groups excluding carboxylic acids is 2. The van der Waals surface area contributed by atoms with Crippen molar-refractivity contribution in [3.05, 3.63) is 51.3 Å². The molecule has 1 atom stereocenters. The predicted molar refractivity (Wildman–Crippen MR) is 133 cm³/mol. The lowest BCUT2D eigenvalue weighted by molar-refractivity contribution is -0.131. The normalized spacial score (nSPS) is 20.1. The lowest BCUT2D eigenvalue weighted by atomic mass is 10.0. The summed E-state index contributed by atoms with van der Waals surface area (Å²) in [5, 5.41) is 2.82. The molecule has 0 unspecified atom stereocenters. The number of amides is 2. The van der Waals surface area contributed by atoms with Gasteiger partial charge in [0.1, 0.15) is 11.4 Å². The fraction of sp³-hybridized carbons (Fsp3) is 0.348. The number of thioether (sulfide) groups is 1. The van der Waals surface area contributed by atoms with Crippen molar-refractivity contribution >= 4 is 63.4 Å². The molecule has 1 fully saturated rings. The minimum atomic E-state index is -0.249. The smallest absolute Gasteiger partial charge is 0.283 e. The van der Waals surface area contributed by atoms with Crippen LogP contribution in [0.2, 0.25) is 5.02 Å². The molecular weight excluding hydrogens is 466 g/mol. The standard InChI is InChI=1S/C23H24ClN3O3S2/c1-15-6-3-4-10-26(15)21(28)14-32-23-25-19(13-17-7-5-11-31-17)22(29)27(23)16-8-9-20(30-2)18(24)12-16/h5,7-9,11-13,15H,3-4,6,10,14H2,1-2H3/b19-13+/t15-/m0/s1. The van der Waals surface area contributed by atoms with Crippen molar-refractivity contribution in [2.24, 2.45) is 4.99 Å². The summed E-state index contributed by atoms with van der Waals surface area (Å²) in [4.78, 5) is 35.1. The maximum absolute atomic E-state index is 13.3. The van der Waals surface area contributed by atoms with Crippen LogP contribution < -0.4 is 9.64 Å². The SMILES string of the molecule is COc1ccc(N2C(=O)/C(=C\c3cccs3)N=C2SCC(=O)N2CCCC[C@@H]2C)cc1Cl. The van der Waals surface area contributed by atoms with E-state index in [0.717, 1.165) is 30.7 Å². The number of anilines is 1. The summed E-state index contributed by atoms with van der Waals surface area (Å²) in [5.41, 5.74) is 0.918. The average Bonchev–Trinajstić information content (AvgIpc) is 3.40. The minimum absolute atomic E-state index is 0.0701. The fourth-order valence-electron chi connectivity index (χ4n) is 3.80. The van der Waals surface area contributed by atoms with Gasteiger partial charge in [-0.25, -0.2) is 4.99 Å². The molecule has 0 N–H and O–H groups in total. The first kappa shape index (κ1) is 22.9. The van der Waals surface area contributed by atoms with Gasteiger partial charge in [-0.05, 0) is 61.9 Å². The lowest BCUT2D eigenvalue weighted by Crippen LogP contribution is -2.43. The van der Waals surface area contributed by atoms with E-state index in [1.807, 2.05) is 22.4 Å². The van der Waals surface area contributed by atoms with E-state index in [1.54, 1.807) is 31.4 Å². The second kappa shape index (κ2) is 10.1. The number of methoxy groups -OCH3 is 1. The molecule has 32 heavy (non-hydrogen) atoms. The van der Waals surface area contributed by atoms with E-state index in [0.29, 0.717) is 27.3 Å². The first-order chi connectivity index (χ1) is 15.5. The summed E-state index contributed by atoms with van der Waals surface area (Å²) in [7, 11) is 1.54. The number of nitrogens with zero attached hydrogens (tertiary/aromatic N) is 3. The number of hydrogen-bond acceptors (Lipinski definition) is 6. The Morgan fingerprint density at radius 3 is 2.91 bits per heavy atom. The fourth-order valence-corrected chi connectivity index (χ4v) is 5.60. The Morgan fingerprint density at radius 1 is 1.38 bits per heavy atom. The van der Waals surface area contributed by atoms with Gasteiger partial charge in [0.25, 0.3) is 5.91 Å². The zero-order valence-corrected chi connectivity index (χ0v) is 20.3. The maximum atomic E-state index is 13.3. The van der Waals surface area contributed by atoms with Crippen molar-refractivity contribution in [1.82, 2.24) is 4.90 Å². The number of piperidine rings is 1. The molecule has 0 saturated carbocycles. The van der Waals surface area contributed by atoms with Crippen LogP contribution in [0.3, 0.4) is 0 Å². The zero-order chi connectivity index (χ0) is 22.7. The molecule has 9 heteroatoms. The molecule has 1 aromatic heterocycles. The minimum Gasteiger partial charge on any atom is -0.495 e. The van der Waals surface area contributed by atoms with E-state index >= 15 is 0 Å². The summed E-state index contributed by atoms with van der Waals surface area (Å²) in [6.07, 6.45) is 4.99. The Labute approximate surface area is 200 Å². The summed E-state index contributed by atoms with van der Waals surface area (Å²) in [6.45, 7) is 2.87. The van der Waals surface area contributed by atoms with E-state index in [4.69, 9.17) is 16.3 Å². The van der Waals surface area contributed by atoms with Gasteiger partial charge in [-0.1, -0.05) is 29.4 Å². The molecule has 4 rings (SSSR count). The van der Waals surface area contributed by atoms with Crippen LogP contribution in [0.25, 0.3) is 6.08 Å². The van der Waals surface area contributed by atoms with Gasteiger partial charge in [-0.15, -0.1) is 11.3 Å². The van der Waals surface area contributed by atoms with Crippen molar-refractivity contribution in [3.63, 3.8) is 0 Å². The Kier molecular flexibility index (Phi) is 7.23. The summed E-state index contributed by atoms with van der Waals surface area (Å²) < 4.78 is 5.23. The highest BCUT2D eigenvalue weighted by Gasteiger charge is 2.33. The van der Waals surface area contributed by atoms with Crippen molar-refractivity contribution in [1.29, 1.82) is 0 Å². The largest absolute Gasteiger partial charge is 0.495 e.